The van der Waals surface area contributed by atoms with E-state index in [4.69, 9.17) is 5.73 Å². The van der Waals surface area contributed by atoms with Gasteiger partial charge in [0.15, 0.2) is 0 Å². The standard InChI is InChI=1S/C14H28N2/c1-2-16(13-6-4-3-5-7-13)11-10-14(15)12-8-9-12/h12-14H,2-11,15H2,1H3. The first-order valence-electron chi connectivity index (χ1n) is 7.31. The number of nitrogens with zero attached hydrogens (tertiary/aromatic N) is 1. The van der Waals surface area contributed by atoms with Crippen molar-refractivity contribution in [3.8, 4) is 0 Å². The van der Waals surface area contributed by atoms with E-state index in [1.165, 1.54) is 64.5 Å². The highest BCUT2D eigenvalue weighted by atomic mass is 15.1. The van der Waals surface area contributed by atoms with Gasteiger partial charge in [-0.1, -0.05) is 26.2 Å². The van der Waals surface area contributed by atoms with Gasteiger partial charge in [0.2, 0.25) is 0 Å². The highest BCUT2D eigenvalue weighted by Crippen LogP contribution is 2.33. The van der Waals surface area contributed by atoms with Gasteiger partial charge in [0, 0.05) is 12.1 Å². The summed E-state index contributed by atoms with van der Waals surface area (Å²) >= 11 is 0. The summed E-state index contributed by atoms with van der Waals surface area (Å²) < 4.78 is 0. The topological polar surface area (TPSA) is 29.3 Å². The van der Waals surface area contributed by atoms with Gasteiger partial charge in [-0.05, 0) is 51.1 Å². The van der Waals surface area contributed by atoms with Gasteiger partial charge in [0.25, 0.3) is 0 Å². The minimum atomic E-state index is 0.484. The molecule has 0 bridgehead atoms. The molecular weight excluding hydrogens is 196 g/mol. The minimum Gasteiger partial charge on any atom is -0.327 e. The van der Waals surface area contributed by atoms with E-state index in [1.54, 1.807) is 0 Å². The van der Waals surface area contributed by atoms with Crippen LogP contribution in [0.4, 0.5) is 0 Å². The van der Waals surface area contributed by atoms with Gasteiger partial charge >= 0.3 is 0 Å². The van der Waals surface area contributed by atoms with E-state index in [0.29, 0.717) is 6.04 Å². The fraction of sp³-hybridized carbons (Fsp3) is 1.00. The summed E-state index contributed by atoms with van der Waals surface area (Å²) in [7, 11) is 0. The second-order valence-electron chi connectivity index (χ2n) is 5.71. The smallest absolute Gasteiger partial charge is 0.00951 e. The molecule has 1 unspecified atom stereocenters. The minimum absolute atomic E-state index is 0.484. The van der Waals surface area contributed by atoms with E-state index in [9.17, 15) is 0 Å². The molecule has 0 heterocycles. The molecule has 2 heteroatoms. The second kappa shape index (κ2) is 6.02. The Hall–Kier alpha value is -0.0800. The molecule has 2 aliphatic rings. The van der Waals surface area contributed by atoms with Crippen LogP contribution < -0.4 is 5.73 Å². The third kappa shape index (κ3) is 3.46. The first-order chi connectivity index (χ1) is 7.81. The van der Waals surface area contributed by atoms with Gasteiger partial charge in [-0.25, -0.2) is 0 Å². The van der Waals surface area contributed by atoms with Crippen molar-refractivity contribution in [3.05, 3.63) is 0 Å². The van der Waals surface area contributed by atoms with Crippen LogP contribution in [0.3, 0.4) is 0 Å². The Morgan fingerprint density at radius 2 is 1.81 bits per heavy atom. The van der Waals surface area contributed by atoms with Crippen molar-refractivity contribution in [2.24, 2.45) is 11.7 Å². The van der Waals surface area contributed by atoms with Crippen molar-refractivity contribution in [3.63, 3.8) is 0 Å². The van der Waals surface area contributed by atoms with Crippen LogP contribution in [0.25, 0.3) is 0 Å². The Balaban J connectivity index is 1.70. The lowest BCUT2D eigenvalue weighted by Crippen LogP contribution is -2.39. The SMILES string of the molecule is CCN(CCC(N)C1CC1)C1CCCCC1. The Bertz CT molecular complexity index is 195. The van der Waals surface area contributed by atoms with Crippen LogP contribution in [0.15, 0.2) is 0 Å². The van der Waals surface area contributed by atoms with Crippen molar-refractivity contribution in [2.75, 3.05) is 13.1 Å². The molecular formula is C14H28N2. The Morgan fingerprint density at radius 3 is 2.38 bits per heavy atom. The molecule has 2 saturated carbocycles. The molecule has 0 saturated heterocycles. The van der Waals surface area contributed by atoms with E-state index < -0.39 is 0 Å². The van der Waals surface area contributed by atoms with E-state index >= 15 is 0 Å². The average molecular weight is 224 g/mol. The Kier molecular flexibility index (Phi) is 4.66. The summed E-state index contributed by atoms with van der Waals surface area (Å²) in [6.07, 6.45) is 11.2. The van der Waals surface area contributed by atoms with Gasteiger partial charge in [-0.15, -0.1) is 0 Å². The molecule has 2 N–H and O–H groups in total. The molecule has 0 amide bonds. The average Bonchev–Trinajstić information content (AvgIpc) is 3.15. The molecule has 2 aliphatic carbocycles. The van der Waals surface area contributed by atoms with Gasteiger partial charge in [0.05, 0.1) is 0 Å². The number of hydrogen-bond acceptors (Lipinski definition) is 2. The molecule has 0 aromatic rings. The molecule has 0 spiro atoms. The van der Waals surface area contributed by atoms with E-state index in [-0.39, 0.29) is 0 Å². The van der Waals surface area contributed by atoms with Crippen molar-refractivity contribution in [2.45, 2.75) is 70.4 Å². The summed E-state index contributed by atoms with van der Waals surface area (Å²) in [4.78, 5) is 2.68. The molecule has 2 rings (SSSR count). The Morgan fingerprint density at radius 1 is 1.12 bits per heavy atom. The predicted octanol–water partition coefficient (Wildman–Crippen LogP) is 2.77. The largest absolute Gasteiger partial charge is 0.327 e. The van der Waals surface area contributed by atoms with Gasteiger partial charge in [-0.2, -0.15) is 0 Å². The molecule has 2 fully saturated rings. The van der Waals surface area contributed by atoms with Gasteiger partial charge in [0.1, 0.15) is 0 Å². The molecule has 1 atom stereocenters. The normalized spacial score (nSPS) is 24.9. The van der Waals surface area contributed by atoms with Crippen LogP contribution in [0, 0.1) is 5.92 Å². The maximum Gasteiger partial charge on any atom is 0.00951 e. The van der Waals surface area contributed by atoms with Gasteiger partial charge < -0.3 is 10.6 Å². The molecule has 0 aromatic carbocycles. The zero-order chi connectivity index (χ0) is 11.4. The summed E-state index contributed by atoms with van der Waals surface area (Å²) in [5, 5.41) is 0. The monoisotopic (exact) mass is 224 g/mol. The zero-order valence-corrected chi connectivity index (χ0v) is 10.8. The van der Waals surface area contributed by atoms with Crippen LogP contribution in [0.1, 0.15) is 58.3 Å². The fourth-order valence-electron chi connectivity index (χ4n) is 3.12. The first kappa shape index (κ1) is 12.4. The lowest BCUT2D eigenvalue weighted by Gasteiger charge is -2.34. The number of rotatable bonds is 6. The third-order valence-electron chi connectivity index (χ3n) is 4.47. The molecule has 16 heavy (non-hydrogen) atoms. The second-order valence-corrected chi connectivity index (χ2v) is 5.71. The number of nitrogens with two attached hydrogens (primary N) is 1. The maximum absolute atomic E-state index is 6.18. The highest BCUT2D eigenvalue weighted by molar-refractivity contribution is 4.85. The van der Waals surface area contributed by atoms with E-state index in [2.05, 4.69) is 11.8 Å². The predicted molar refractivity (Wildman–Crippen MR) is 69.4 cm³/mol. The van der Waals surface area contributed by atoms with Crippen LogP contribution in [0.2, 0.25) is 0 Å². The zero-order valence-electron chi connectivity index (χ0n) is 10.8. The summed E-state index contributed by atoms with van der Waals surface area (Å²) in [5.74, 6) is 0.866. The lowest BCUT2D eigenvalue weighted by molar-refractivity contribution is 0.157. The molecule has 0 aliphatic heterocycles. The van der Waals surface area contributed by atoms with Crippen LogP contribution in [0.5, 0.6) is 0 Å². The van der Waals surface area contributed by atoms with Gasteiger partial charge in [-0.3, -0.25) is 0 Å². The van der Waals surface area contributed by atoms with Crippen molar-refractivity contribution in [1.82, 2.24) is 4.90 Å². The molecule has 2 nitrogen and oxygen atoms in total. The van der Waals surface area contributed by atoms with Crippen molar-refractivity contribution >= 4 is 0 Å². The molecule has 94 valence electrons. The number of hydrogen-bond donors (Lipinski definition) is 1. The van der Waals surface area contributed by atoms with E-state index in [1.807, 2.05) is 0 Å². The van der Waals surface area contributed by atoms with Crippen LogP contribution in [-0.4, -0.2) is 30.1 Å². The summed E-state index contributed by atoms with van der Waals surface area (Å²) in [6, 6.07) is 1.35. The highest BCUT2D eigenvalue weighted by Gasteiger charge is 2.29. The van der Waals surface area contributed by atoms with Crippen LogP contribution >= 0.6 is 0 Å². The third-order valence-corrected chi connectivity index (χ3v) is 4.47. The summed E-state index contributed by atoms with van der Waals surface area (Å²) in [5.41, 5.74) is 6.18. The Labute approximate surface area is 101 Å². The maximum atomic E-state index is 6.18. The molecule has 0 aromatic heterocycles. The fourth-order valence-corrected chi connectivity index (χ4v) is 3.12. The van der Waals surface area contributed by atoms with Crippen molar-refractivity contribution in [1.29, 1.82) is 0 Å². The van der Waals surface area contributed by atoms with Crippen LogP contribution in [-0.2, 0) is 0 Å². The quantitative estimate of drug-likeness (QED) is 0.751. The van der Waals surface area contributed by atoms with E-state index in [0.717, 1.165) is 12.0 Å². The molecule has 0 radical (unpaired) electrons. The van der Waals surface area contributed by atoms with Crippen molar-refractivity contribution < 1.29 is 0 Å². The summed E-state index contributed by atoms with van der Waals surface area (Å²) in [6.45, 7) is 4.75. The first-order valence-corrected chi connectivity index (χ1v) is 7.31. The lowest BCUT2D eigenvalue weighted by atomic mass is 9.94.